The molecule has 2 aromatic rings. The van der Waals surface area contributed by atoms with Gasteiger partial charge in [0.2, 0.25) is 5.91 Å². The molecule has 1 atom stereocenters. The third-order valence-corrected chi connectivity index (χ3v) is 4.90. The Bertz CT molecular complexity index is 1060. The number of halogens is 2. The summed E-state index contributed by atoms with van der Waals surface area (Å²) < 4.78 is 37.7. The molecule has 8 nitrogen and oxygen atoms in total. The molecule has 1 saturated heterocycles. The van der Waals surface area contributed by atoms with Gasteiger partial charge in [0.05, 0.1) is 5.69 Å². The smallest absolute Gasteiger partial charge is 0.325 e. The van der Waals surface area contributed by atoms with Crippen LogP contribution >= 0.6 is 0 Å². The number of hydrogen-bond donors (Lipinski definition) is 2. The number of nitrogens with zero attached hydrogens (tertiary/aromatic N) is 1. The second-order valence-electron chi connectivity index (χ2n) is 6.98. The standard InChI is InChI=1S/C20H17F2N3O5/c1-20(11-2-5-15-16(8-11)30-7-6-29-15)18(27)25(19(28)24-20)10-17(26)23-14-4-3-12(21)9-13(14)22/h2-5,8-9H,6-7,10H2,1H3,(H,23,26)(H,24,28)/t20-/m0/s1. The van der Waals surface area contributed by atoms with E-state index in [-0.39, 0.29) is 5.69 Å². The van der Waals surface area contributed by atoms with Crippen LogP contribution in [0, 0.1) is 11.6 Å². The molecule has 30 heavy (non-hydrogen) atoms. The number of carbonyl (C=O) groups is 3. The van der Waals surface area contributed by atoms with Crippen LogP contribution in [0.5, 0.6) is 11.5 Å². The van der Waals surface area contributed by atoms with Gasteiger partial charge in [0, 0.05) is 6.07 Å². The van der Waals surface area contributed by atoms with Crippen LogP contribution in [0.3, 0.4) is 0 Å². The minimum absolute atomic E-state index is 0.261. The highest BCUT2D eigenvalue weighted by Gasteiger charge is 2.49. The Morgan fingerprint density at radius 2 is 1.87 bits per heavy atom. The molecular formula is C20H17F2N3O5. The predicted molar refractivity (Wildman–Crippen MR) is 100 cm³/mol. The summed E-state index contributed by atoms with van der Waals surface area (Å²) in [5.74, 6) is -2.25. The number of amides is 4. The van der Waals surface area contributed by atoms with Crippen molar-refractivity contribution in [2.45, 2.75) is 12.5 Å². The molecule has 0 bridgehead atoms. The van der Waals surface area contributed by atoms with E-state index in [1.807, 2.05) is 0 Å². The molecule has 0 unspecified atom stereocenters. The van der Waals surface area contributed by atoms with Crippen LogP contribution < -0.4 is 20.1 Å². The van der Waals surface area contributed by atoms with Gasteiger partial charge >= 0.3 is 6.03 Å². The number of imide groups is 1. The summed E-state index contributed by atoms with van der Waals surface area (Å²) in [5, 5.41) is 4.80. The van der Waals surface area contributed by atoms with Crippen LogP contribution in [-0.4, -0.2) is 42.5 Å². The van der Waals surface area contributed by atoms with Crippen LogP contribution in [0.4, 0.5) is 19.3 Å². The van der Waals surface area contributed by atoms with Crippen LogP contribution in [-0.2, 0) is 15.1 Å². The van der Waals surface area contributed by atoms with Crippen molar-refractivity contribution in [2.75, 3.05) is 25.1 Å². The zero-order chi connectivity index (χ0) is 21.5. The molecule has 0 aromatic heterocycles. The van der Waals surface area contributed by atoms with Gasteiger partial charge in [-0.15, -0.1) is 0 Å². The molecule has 1 fully saturated rings. The Hall–Kier alpha value is -3.69. The number of rotatable bonds is 4. The Morgan fingerprint density at radius 1 is 1.13 bits per heavy atom. The monoisotopic (exact) mass is 417 g/mol. The molecule has 0 saturated carbocycles. The summed E-state index contributed by atoms with van der Waals surface area (Å²) in [6.07, 6.45) is 0. The van der Waals surface area contributed by atoms with Gasteiger partial charge in [-0.05, 0) is 36.8 Å². The van der Waals surface area contributed by atoms with Gasteiger partial charge in [0.15, 0.2) is 11.5 Å². The molecular weight excluding hydrogens is 400 g/mol. The summed E-state index contributed by atoms with van der Waals surface area (Å²) in [7, 11) is 0. The molecule has 2 aromatic carbocycles. The second kappa shape index (κ2) is 7.29. The summed E-state index contributed by atoms with van der Waals surface area (Å²) in [5.41, 5.74) is -1.23. The van der Waals surface area contributed by atoms with Crippen molar-refractivity contribution < 1.29 is 32.6 Å². The minimum atomic E-state index is -1.42. The number of ether oxygens (including phenoxy) is 2. The lowest BCUT2D eigenvalue weighted by atomic mass is 9.91. The third kappa shape index (κ3) is 3.40. The molecule has 4 amide bonds. The maximum Gasteiger partial charge on any atom is 0.325 e. The van der Waals surface area contributed by atoms with Gasteiger partial charge in [-0.2, -0.15) is 0 Å². The van der Waals surface area contributed by atoms with E-state index < -0.39 is 41.6 Å². The highest BCUT2D eigenvalue weighted by atomic mass is 19.1. The van der Waals surface area contributed by atoms with E-state index in [9.17, 15) is 23.2 Å². The molecule has 0 aliphatic carbocycles. The molecule has 156 valence electrons. The summed E-state index contributed by atoms with van der Waals surface area (Å²) in [6, 6.07) is 6.74. The predicted octanol–water partition coefficient (Wildman–Crippen LogP) is 2.14. The Labute approximate surface area is 169 Å². The fraction of sp³-hybridized carbons (Fsp3) is 0.250. The topological polar surface area (TPSA) is 97.0 Å². The van der Waals surface area contributed by atoms with Crippen LogP contribution in [0.2, 0.25) is 0 Å². The Kier molecular flexibility index (Phi) is 4.76. The number of urea groups is 1. The van der Waals surface area contributed by atoms with Crippen molar-refractivity contribution in [2.24, 2.45) is 0 Å². The Balaban J connectivity index is 1.51. The second-order valence-corrected chi connectivity index (χ2v) is 6.98. The lowest BCUT2D eigenvalue weighted by Gasteiger charge is -2.25. The van der Waals surface area contributed by atoms with E-state index in [1.54, 1.807) is 18.2 Å². The van der Waals surface area contributed by atoms with Crippen molar-refractivity contribution in [3.8, 4) is 11.5 Å². The average Bonchev–Trinajstić information content (AvgIpc) is 2.94. The third-order valence-electron chi connectivity index (χ3n) is 4.90. The highest BCUT2D eigenvalue weighted by molar-refractivity contribution is 6.10. The molecule has 0 spiro atoms. The molecule has 0 radical (unpaired) electrons. The summed E-state index contributed by atoms with van der Waals surface area (Å²) in [4.78, 5) is 38.4. The molecule has 2 N–H and O–H groups in total. The van der Waals surface area contributed by atoms with Crippen molar-refractivity contribution in [3.63, 3.8) is 0 Å². The maximum absolute atomic E-state index is 13.7. The van der Waals surface area contributed by atoms with E-state index in [1.165, 1.54) is 6.92 Å². The van der Waals surface area contributed by atoms with E-state index in [2.05, 4.69) is 10.6 Å². The van der Waals surface area contributed by atoms with Crippen molar-refractivity contribution in [3.05, 3.63) is 53.6 Å². The molecule has 10 heteroatoms. The number of carbonyl (C=O) groups excluding carboxylic acids is 3. The van der Waals surface area contributed by atoms with E-state index >= 15 is 0 Å². The van der Waals surface area contributed by atoms with Crippen molar-refractivity contribution >= 4 is 23.5 Å². The molecule has 2 aliphatic rings. The normalized spacial score (nSPS) is 20.2. The largest absolute Gasteiger partial charge is 0.486 e. The lowest BCUT2D eigenvalue weighted by molar-refractivity contribution is -0.133. The number of benzene rings is 2. The van der Waals surface area contributed by atoms with Crippen molar-refractivity contribution in [1.29, 1.82) is 0 Å². The maximum atomic E-state index is 13.7. The van der Waals surface area contributed by atoms with Crippen LogP contribution in [0.25, 0.3) is 0 Å². The first kappa shape index (κ1) is 19.6. The van der Waals surface area contributed by atoms with E-state index in [4.69, 9.17) is 9.47 Å². The molecule has 2 aliphatic heterocycles. The SMILES string of the molecule is C[C@@]1(c2ccc3c(c2)OCCO3)NC(=O)N(CC(=O)Nc2ccc(F)cc2F)C1=O. The number of hydrogen-bond acceptors (Lipinski definition) is 5. The molecule has 2 heterocycles. The average molecular weight is 417 g/mol. The van der Waals surface area contributed by atoms with Crippen LogP contribution in [0.1, 0.15) is 12.5 Å². The van der Waals surface area contributed by atoms with Gasteiger partial charge < -0.3 is 20.1 Å². The first-order valence-electron chi connectivity index (χ1n) is 9.07. The summed E-state index contributed by atoms with van der Waals surface area (Å²) >= 11 is 0. The minimum Gasteiger partial charge on any atom is -0.486 e. The van der Waals surface area contributed by atoms with Gasteiger partial charge in [-0.1, -0.05) is 6.07 Å². The first-order chi connectivity index (χ1) is 14.3. The number of fused-ring (bicyclic) bond motifs is 1. The molecule has 4 rings (SSSR count). The number of nitrogens with one attached hydrogen (secondary N) is 2. The number of anilines is 1. The van der Waals surface area contributed by atoms with Crippen molar-refractivity contribution in [1.82, 2.24) is 10.2 Å². The lowest BCUT2D eigenvalue weighted by Crippen LogP contribution is -2.42. The van der Waals surface area contributed by atoms with Gasteiger partial charge in [0.25, 0.3) is 5.91 Å². The fourth-order valence-corrected chi connectivity index (χ4v) is 3.31. The highest BCUT2D eigenvalue weighted by Crippen LogP contribution is 2.36. The Morgan fingerprint density at radius 3 is 2.60 bits per heavy atom. The quantitative estimate of drug-likeness (QED) is 0.743. The van der Waals surface area contributed by atoms with Gasteiger partial charge in [-0.3, -0.25) is 14.5 Å². The van der Waals surface area contributed by atoms with Gasteiger partial charge in [0.1, 0.15) is 36.9 Å². The van der Waals surface area contributed by atoms with E-state index in [0.717, 1.165) is 17.0 Å². The zero-order valence-electron chi connectivity index (χ0n) is 15.8. The van der Waals surface area contributed by atoms with E-state index in [0.29, 0.717) is 36.3 Å². The zero-order valence-corrected chi connectivity index (χ0v) is 15.8. The first-order valence-corrected chi connectivity index (χ1v) is 9.07. The summed E-state index contributed by atoms with van der Waals surface area (Å²) in [6.45, 7) is 1.65. The fourth-order valence-electron chi connectivity index (χ4n) is 3.31. The van der Waals surface area contributed by atoms with Crippen LogP contribution in [0.15, 0.2) is 36.4 Å². The van der Waals surface area contributed by atoms with Gasteiger partial charge in [-0.25, -0.2) is 13.6 Å².